The van der Waals surface area contributed by atoms with Crippen LogP contribution in [-0.4, -0.2) is 41.6 Å². The highest BCUT2D eigenvalue weighted by Crippen LogP contribution is 2.52. The summed E-state index contributed by atoms with van der Waals surface area (Å²) in [5, 5.41) is 21.8. The van der Waals surface area contributed by atoms with E-state index in [4.69, 9.17) is 4.74 Å². The van der Waals surface area contributed by atoms with Gasteiger partial charge < -0.3 is 20.3 Å². The molecule has 0 spiro atoms. The van der Waals surface area contributed by atoms with E-state index < -0.39 is 35.2 Å². The van der Waals surface area contributed by atoms with E-state index in [9.17, 15) is 41.4 Å². The number of nitrogens with one attached hydrogen (secondary N) is 1. The van der Waals surface area contributed by atoms with Crippen molar-refractivity contribution < 1.29 is 46.1 Å². The van der Waals surface area contributed by atoms with Gasteiger partial charge >= 0.3 is 12.4 Å². The molecule has 0 radical (unpaired) electrons. The van der Waals surface area contributed by atoms with E-state index in [1.54, 1.807) is 0 Å². The summed E-state index contributed by atoms with van der Waals surface area (Å²) in [4.78, 5) is 11.5. The van der Waals surface area contributed by atoms with Gasteiger partial charge in [-0.2, -0.15) is 26.3 Å². The van der Waals surface area contributed by atoms with Crippen LogP contribution in [0.5, 0.6) is 11.5 Å². The van der Waals surface area contributed by atoms with Crippen LogP contribution in [-0.2, 0) is 10.4 Å². The Labute approximate surface area is 160 Å². The molecule has 29 heavy (non-hydrogen) atoms. The molecule has 3 N–H and O–H groups in total. The molecule has 0 fully saturated rings. The van der Waals surface area contributed by atoms with Gasteiger partial charge in [0.25, 0.3) is 11.5 Å². The molecule has 0 heterocycles. The van der Waals surface area contributed by atoms with Crippen molar-refractivity contribution in [3.05, 3.63) is 35.9 Å². The first kappa shape index (κ1) is 22.6. The number of alkyl halides is 6. The molecule has 2 aromatic rings. The van der Waals surface area contributed by atoms with Crippen LogP contribution in [0.2, 0.25) is 0 Å². The van der Waals surface area contributed by atoms with E-state index in [0.717, 1.165) is 6.07 Å². The maximum absolute atomic E-state index is 13.1. The van der Waals surface area contributed by atoms with E-state index in [2.05, 4.69) is 5.32 Å². The number of phenolic OH excluding ortho intramolecular Hbond substituents is 1. The zero-order valence-corrected chi connectivity index (χ0v) is 15.0. The van der Waals surface area contributed by atoms with Gasteiger partial charge in [-0.25, -0.2) is 0 Å². The quantitative estimate of drug-likeness (QED) is 0.616. The Hall–Kier alpha value is -2.69. The third-order valence-electron chi connectivity index (χ3n) is 4.08. The Kier molecular flexibility index (Phi) is 6.21. The second-order valence-electron chi connectivity index (χ2n) is 6.22. The Bertz CT molecular complexity index is 880. The molecule has 0 atom stereocenters. The summed E-state index contributed by atoms with van der Waals surface area (Å²) < 4.78 is 83.6. The molecule has 0 aromatic heterocycles. The molecule has 2 rings (SSSR count). The fraction of sp³-hybridized carbons (Fsp3) is 0.389. The van der Waals surface area contributed by atoms with Crippen LogP contribution in [0.3, 0.4) is 0 Å². The monoisotopic (exact) mass is 425 g/mol. The number of amides is 1. The molecule has 160 valence electrons. The average Bonchev–Trinajstić information content (AvgIpc) is 2.61. The smallest absolute Gasteiger partial charge is 0.430 e. The van der Waals surface area contributed by atoms with Crippen molar-refractivity contribution in [1.29, 1.82) is 0 Å². The van der Waals surface area contributed by atoms with Crippen LogP contribution < -0.4 is 10.1 Å². The Morgan fingerprint density at radius 2 is 1.66 bits per heavy atom. The molecule has 0 aliphatic rings. The number of halogens is 6. The zero-order valence-electron chi connectivity index (χ0n) is 15.0. The molecule has 1 amide bonds. The number of rotatable bonds is 6. The summed E-state index contributed by atoms with van der Waals surface area (Å²) in [6.45, 7) is 1.94. The number of aliphatic hydroxyl groups is 1. The number of fused-ring (bicyclic) bond motifs is 1. The van der Waals surface area contributed by atoms with Crippen molar-refractivity contribution in [2.45, 2.75) is 31.3 Å². The first-order valence-electron chi connectivity index (χ1n) is 8.33. The van der Waals surface area contributed by atoms with Crippen molar-refractivity contribution in [3.8, 4) is 11.5 Å². The number of phenols is 1. The molecule has 0 aliphatic heterocycles. The van der Waals surface area contributed by atoms with E-state index in [1.807, 2.05) is 6.92 Å². The minimum Gasteiger partial charge on any atom is -0.508 e. The Balaban J connectivity index is 2.40. The largest absolute Gasteiger partial charge is 0.508 e. The van der Waals surface area contributed by atoms with E-state index >= 15 is 0 Å². The number of benzene rings is 2. The summed E-state index contributed by atoms with van der Waals surface area (Å²) in [6, 6.07) is 4.66. The minimum absolute atomic E-state index is 0.0458. The molecular weight excluding hydrogens is 408 g/mol. The number of ether oxygens (including phenoxy) is 1. The van der Waals surface area contributed by atoms with Gasteiger partial charge in [0.1, 0.15) is 11.5 Å². The first-order chi connectivity index (χ1) is 13.3. The molecule has 0 bridgehead atoms. The molecule has 2 aromatic carbocycles. The number of aromatic hydroxyl groups is 1. The normalized spacial score (nSPS) is 12.8. The maximum Gasteiger partial charge on any atom is 0.430 e. The van der Waals surface area contributed by atoms with E-state index in [-0.39, 0.29) is 23.1 Å². The van der Waals surface area contributed by atoms with Crippen molar-refractivity contribution in [1.82, 2.24) is 5.32 Å². The van der Waals surface area contributed by atoms with Crippen LogP contribution in [0.15, 0.2) is 30.3 Å². The topological polar surface area (TPSA) is 78.8 Å². The lowest BCUT2D eigenvalue weighted by Crippen LogP contribution is -2.53. The number of hydrogen-bond acceptors (Lipinski definition) is 4. The average molecular weight is 425 g/mol. The molecule has 0 aliphatic carbocycles. The summed E-state index contributed by atoms with van der Waals surface area (Å²) in [5.74, 6) is -1.70. The summed E-state index contributed by atoms with van der Waals surface area (Å²) in [5.41, 5.74) is -6.98. The molecule has 0 saturated heterocycles. The fourth-order valence-electron chi connectivity index (χ4n) is 2.57. The van der Waals surface area contributed by atoms with Gasteiger partial charge in [0.2, 0.25) is 0 Å². The van der Waals surface area contributed by atoms with Crippen LogP contribution in [0.25, 0.3) is 10.8 Å². The second kappa shape index (κ2) is 7.97. The van der Waals surface area contributed by atoms with E-state index in [0.29, 0.717) is 25.1 Å². The first-order valence-corrected chi connectivity index (χ1v) is 8.33. The molecule has 0 saturated carbocycles. The third kappa shape index (κ3) is 4.50. The Morgan fingerprint density at radius 3 is 2.21 bits per heavy atom. The lowest BCUT2D eigenvalue weighted by molar-refractivity contribution is -0.376. The van der Waals surface area contributed by atoms with Crippen molar-refractivity contribution in [3.63, 3.8) is 0 Å². The van der Waals surface area contributed by atoms with Crippen molar-refractivity contribution >= 4 is 16.7 Å². The molecule has 0 unspecified atom stereocenters. The summed E-state index contributed by atoms with van der Waals surface area (Å²) in [6.07, 6.45) is -11.5. The highest BCUT2D eigenvalue weighted by atomic mass is 19.4. The number of hydrogen-bond donors (Lipinski definition) is 3. The SMILES string of the molecule is CCCNC(=O)COc1ccc2cc(C(O)(C(F)(F)F)C(F)(F)F)c(O)cc2c1. The highest BCUT2D eigenvalue weighted by Gasteiger charge is 2.72. The highest BCUT2D eigenvalue weighted by molar-refractivity contribution is 5.87. The van der Waals surface area contributed by atoms with Gasteiger partial charge in [-0.3, -0.25) is 4.79 Å². The standard InChI is InChI=1S/C18H17F6NO4/c1-2-5-25-15(27)9-29-12-4-3-10-7-13(14(26)8-11(10)6-12)16(28,17(19,20)21)18(22,23)24/h3-4,6-8,26,28H,2,5,9H2,1H3,(H,25,27). The summed E-state index contributed by atoms with van der Waals surface area (Å²) in [7, 11) is 0. The van der Waals surface area contributed by atoms with Gasteiger partial charge in [0.15, 0.2) is 6.61 Å². The molecular formula is C18H17F6NO4. The molecule has 5 nitrogen and oxygen atoms in total. The molecule has 11 heteroatoms. The second-order valence-corrected chi connectivity index (χ2v) is 6.22. The Morgan fingerprint density at radius 1 is 1.03 bits per heavy atom. The van der Waals surface area contributed by atoms with Gasteiger partial charge in [-0.15, -0.1) is 0 Å². The maximum atomic E-state index is 13.1. The lowest BCUT2D eigenvalue weighted by atomic mass is 9.89. The van der Waals surface area contributed by atoms with Crippen LogP contribution in [0.4, 0.5) is 26.3 Å². The zero-order chi connectivity index (χ0) is 22.0. The van der Waals surface area contributed by atoms with Gasteiger partial charge in [-0.05, 0) is 41.5 Å². The van der Waals surface area contributed by atoms with Crippen LogP contribution >= 0.6 is 0 Å². The predicted molar refractivity (Wildman–Crippen MR) is 90.4 cm³/mol. The van der Waals surface area contributed by atoms with E-state index in [1.165, 1.54) is 12.1 Å². The number of carbonyl (C=O) groups is 1. The third-order valence-corrected chi connectivity index (χ3v) is 4.08. The van der Waals surface area contributed by atoms with Gasteiger partial charge in [0.05, 0.1) is 0 Å². The van der Waals surface area contributed by atoms with Crippen LogP contribution in [0, 0.1) is 0 Å². The van der Waals surface area contributed by atoms with Crippen molar-refractivity contribution in [2.75, 3.05) is 13.2 Å². The number of carbonyl (C=O) groups excluding carboxylic acids is 1. The van der Waals surface area contributed by atoms with Gasteiger partial charge in [-0.1, -0.05) is 13.0 Å². The van der Waals surface area contributed by atoms with Crippen LogP contribution in [0.1, 0.15) is 18.9 Å². The van der Waals surface area contributed by atoms with Crippen molar-refractivity contribution in [2.24, 2.45) is 0 Å². The predicted octanol–water partition coefficient (Wildman–Crippen LogP) is 3.76. The lowest BCUT2D eigenvalue weighted by Gasteiger charge is -2.33. The van der Waals surface area contributed by atoms with Gasteiger partial charge in [0, 0.05) is 12.1 Å². The fourth-order valence-corrected chi connectivity index (χ4v) is 2.57. The summed E-state index contributed by atoms with van der Waals surface area (Å²) >= 11 is 0. The minimum atomic E-state index is -6.12.